The Labute approximate surface area is 115 Å². The van der Waals surface area contributed by atoms with Crippen LogP contribution in [-0.2, 0) is 16.8 Å². The van der Waals surface area contributed by atoms with E-state index < -0.39 is 11.7 Å². The lowest BCUT2D eigenvalue weighted by molar-refractivity contribution is -0.0306. The quantitative estimate of drug-likeness (QED) is 0.860. The van der Waals surface area contributed by atoms with Crippen molar-refractivity contribution in [1.29, 1.82) is 0 Å². The van der Waals surface area contributed by atoms with E-state index >= 15 is 0 Å². The molecule has 0 aliphatic heterocycles. The van der Waals surface area contributed by atoms with Crippen molar-refractivity contribution in [1.82, 2.24) is 10.1 Å². The second-order valence-corrected chi connectivity index (χ2v) is 6.00. The highest BCUT2D eigenvalue weighted by Crippen LogP contribution is 2.30. The molecule has 1 aromatic heterocycles. The molecule has 1 N–H and O–H groups in total. The molecule has 0 saturated heterocycles. The minimum atomic E-state index is -0.513. The van der Waals surface area contributed by atoms with E-state index in [1.54, 1.807) is 7.11 Å². The first-order valence-electron chi connectivity index (χ1n) is 6.85. The van der Waals surface area contributed by atoms with Gasteiger partial charge in [0.2, 0.25) is 11.7 Å². The second kappa shape index (κ2) is 6.01. The van der Waals surface area contributed by atoms with Crippen LogP contribution in [0.1, 0.15) is 59.2 Å². The first-order chi connectivity index (χ1) is 8.79. The van der Waals surface area contributed by atoms with Crippen LogP contribution < -0.4 is 0 Å². The lowest BCUT2D eigenvalue weighted by atomic mass is 9.87. The van der Waals surface area contributed by atoms with Gasteiger partial charge < -0.3 is 14.4 Å². The highest BCUT2D eigenvalue weighted by molar-refractivity contribution is 5.01. The number of methoxy groups -OCH3 is 1. The predicted molar refractivity (Wildman–Crippen MR) is 72.7 cm³/mol. The van der Waals surface area contributed by atoms with E-state index in [0.717, 1.165) is 12.8 Å². The number of aromatic nitrogens is 2. The SMILES string of the molecule is CCC(CC)(OC)c1noc(CC(O)C(C)(C)C)n1. The molecule has 0 saturated carbocycles. The van der Waals surface area contributed by atoms with Crippen LogP contribution in [0.2, 0.25) is 0 Å². The molecule has 110 valence electrons. The molecule has 0 aliphatic carbocycles. The summed E-state index contributed by atoms with van der Waals surface area (Å²) < 4.78 is 10.8. The first kappa shape index (κ1) is 16.1. The molecule has 0 radical (unpaired) electrons. The summed E-state index contributed by atoms with van der Waals surface area (Å²) in [5.41, 5.74) is -0.697. The topological polar surface area (TPSA) is 68.4 Å². The van der Waals surface area contributed by atoms with Crippen molar-refractivity contribution < 1.29 is 14.4 Å². The fourth-order valence-electron chi connectivity index (χ4n) is 1.94. The molecule has 1 aromatic rings. The molecule has 19 heavy (non-hydrogen) atoms. The molecule has 5 heteroatoms. The number of hydrogen-bond donors (Lipinski definition) is 1. The third-order valence-electron chi connectivity index (χ3n) is 3.78. The van der Waals surface area contributed by atoms with E-state index in [4.69, 9.17) is 9.26 Å². The van der Waals surface area contributed by atoms with Gasteiger partial charge in [0.25, 0.3) is 0 Å². The van der Waals surface area contributed by atoms with E-state index in [2.05, 4.69) is 10.1 Å². The minimum Gasteiger partial charge on any atom is -0.392 e. The van der Waals surface area contributed by atoms with E-state index in [9.17, 15) is 5.11 Å². The largest absolute Gasteiger partial charge is 0.392 e. The molecule has 0 spiro atoms. The standard InChI is InChI=1S/C14H26N2O3/c1-7-14(8-2,18-6)12-15-11(19-16-12)9-10(17)13(3,4)5/h10,17H,7-9H2,1-6H3. The van der Waals surface area contributed by atoms with Crippen molar-refractivity contribution in [2.75, 3.05) is 7.11 Å². The Morgan fingerprint density at radius 2 is 1.84 bits per heavy atom. The molecule has 0 fully saturated rings. The maximum absolute atomic E-state index is 10.1. The lowest BCUT2D eigenvalue weighted by Crippen LogP contribution is -2.29. The fourth-order valence-corrected chi connectivity index (χ4v) is 1.94. The van der Waals surface area contributed by atoms with E-state index in [1.165, 1.54) is 0 Å². The van der Waals surface area contributed by atoms with Gasteiger partial charge in [-0.1, -0.05) is 39.8 Å². The zero-order valence-corrected chi connectivity index (χ0v) is 12.9. The lowest BCUT2D eigenvalue weighted by Gasteiger charge is -2.26. The average molecular weight is 270 g/mol. The van der Waals surface area contributed by atoms with Gasteiger partial charge in [-0.2, -0.15) is 4.98 Å². The average Bonchev–Trinajstić information content (AvgIpc) is 2.80. The van der Waals surface area contributed by atoms with Crippen molar-refractivity contribution in [2.45, 2.75) is 65.6 Å². The summed E-state index contributed by atoms with van der Waals surface area (Å²) in [4.78, 5) is 4.39. The smallest absolute Gasteiger partial charge is 0.229 e. The summed E-state index contributed by atoms with van der Waals surface area (Å²) in [5, 5.41) is 14.1. The number of hydrogen-bond acceptors (Lipinski definition) is 5. The molecule has 1 rings (SSSR count). The van der Waals surface area contributed by atoms with Crippen molar-refractivity contribution >= 4 is 0 Å². The maximum atomic E-state index is 10.1. The number of aliphatic hydroxyl groups is 1. The molecule has 0 amide bonds. The van der Waals surface area contributed by atoms with Gasteiger partial charge in [0.05, 0.1) is 12.5 Å². The van der Waals surface area contributed by atoms with Crippen molar-refractivity contribution in [3.05, 3.63) is 11.7 Å². The zero-order chi connectivity index (χ0) is 14.7. The second-order valence-electron chi connectivity index (χ2n) is 6.00. The van der Waals surface area contributed by atoms with Gasteiger partial charge in [0.1, 0.15) is 5.60 Å². The van der Waals surface area contributed by atoms with Crippen LogP contribution in [0.5, 0.6) is 0 Å². The van der Waals surface area contributed by atoms with Crippen LogP contribution in [-0.4, -0.2) is 28.5 Å². The molecule has 1 heterocycles. The molecular formula is C14H26N2O3. The van der Waals surface area contributed by atoms with Gasteiger partial charge in [0, 0.05) is 7.11 Å². The van der Waals surface area contributed by atoms with Crippen LogP contribution in [0.25, 0.3) is 0 Å². The molecule has 1 unspecified atom stereocenters. The minimum absolute atomic E-state index is 0.206. The van der Waals surface area contributed by atoms with E-state index in [-0.39, 0.29) is 5.41 Å². The van der Waals surface area contributed by atoms with E-state index in [1.807, 2.05) is 34.6 Å². The van der Waals surface area contributed by atoms with Crippen LogP contribution in [0.4, 0.5) is 0 Å². The number of ether oxygens (including phenoxy) is 1. The Bertz CT molecular complexity index is 383. The Balaban J connectivity index is 2.88. The molecule has 0 aromatic carbocycles. The van der Waals surface area contributed by atoms with E-state index in [0.29, 0.717) is 18.1 Å². The fraction of sp³-hybridized carbons (Fsp3) is 0.857. The van der Waals surface area contributed by atoms with Gasteiger partial charge in [0.15, 0.2) is 0 Å². The summed E-state index contributed by atoms with van der Waals surface area (Å²) in [6, 6.07) is 0. The number of rotatable bonds is 6. The summed E-state index contributed by atoms with van der Waals surface area (Å²) in [7, 11) is 1.66. The molecule has 5 nitrogen and oxygen atoms in total. The Morgan fingerprint density at radius 3 is 2.26 bits per heavy atom. The van der Waals surface area contributed by atoms with Crippen LogP contribution in [0.15, 0.2) is 4.52 Å². The molecule has 1 atom stereocenters. The van der Waals surface area contributed by atoms with Crippen molar-refractivity contribution in [3.63, 3.8) is 0 Å². The van der Waals surface area contributed by atoms with Gasteiger partial charge in [-0.15, -0.1) is 0 Å². The Morgan fingerprint density at radius 1 is 1.26 bits per heavy atom. The van der Waals surface area contributed by atoms with Gasteiger partial charge in [-0.25, -0.2) is 0 Å². The summed E-state index contributed by atoms with van der Waals surface area (Å²) in [6.45, 7) is 10.0. The van der Waals surface area contributed by atoms with Gasteiger partial charge in [-0.3, -0.25) is 0 Å². The van der Waals surface area contributed by atoms with Crippen LogP contribution in [0.3, 0.4) is 0 Å². The summed E-state index contributed by atoms with van der Waals surface area (Å²) in [6.07, 6.45) is 1.41. The monoisotopic (exact) mass is 270 g/mol. The highest BCUT2D eigenvalue weighted by Gasteiger charge is 2.34. The maximum Gasteiger partial charge on any atom is 0.229 e. The van der Waals surface area contributed by atoms with Crippen molar-refractivity contribution in [2.24, 2.45) is 5.41 Å². The summed E-state index contributed by atoms with van der Waals surface area (Å²) >= 11 is 0. The van der Waals surface area contributed by atoms with Crippen molar-refractivity contribution in [3.8, 4) is 0 Å². The zero-order valence-electron chi connectivity index (χ0n) is 12.9. The third-order valence-corrected chi connectivity index (χ3v) is 3.78. The van der Waals surface area contributed by atoms with Crippen LogP contribution in [0, 0.1) is 5.41 Å². The number of aliphatic hydroxyl groups excluding tert-OH is 1. The normalized spacial score (nSPS) is 14.7. The molecular weight excluding hydrogens is 244 g/mol. The van der Waals surface area contributed by atoms with Crippen LogP contribution >= 0.6 is 0 Å². The summed E-state index contributed by atoms with van der Waals surface area (Å²) in [5.74, 6) is 1.02. The Kier molecular flexibility index (Phi) is 5.10. The highest BCUT2D eigenvalue weighted by atomic mass is 16.5. The Hall–Kier alpha value is -0.940. The predicted octanol–water partition coefficient (Wildman–Crippen LogP) is 2.68. The molecule has 0 bridgehead atoms. The molecule has 0 aliphatic rings. The number of nitrogens with zero attached hydrogens (tertiary/aromatic N) is 2. The van der Waals surface area contributed by atoms with Gasteiger partial charge >= 0.3 is 0 Å². The first-order valence-corrected chi connectivity index (χ1v) is 6.85. The third kappa shape index (κ3) is 3.54. The van der Waals surface area contributed by atoms with Gasteiger partial charge in [-0.05, 0) is 18.3 Å².